The summed E-state index contributed by atoms with van der Waals surface area (Å²) in [6, 6.07) is 10.2. The second-order valence-electron chi connectivity index (χ2n) is 8.02. The Bertz CT molecular complexity index is 658. The molecular weight excluding hydrogens is 342 g/mol. The van der Waals surface area contributed by atoms with Crippen LogP contribution in [0.2, 0.25) is 0 Å². The zero-order valence-electron chi connectivity index (χ0n) is 16.0. The Morgan fingerprint density at radius 3 is 2.52 bits per heavy atom. The van der Waals surface area contributed by atoms with Crippen LogP contribution in [0, 0.1) is 0 Å². The number of primary amides is 1. The summed E-state index contributed by atoms with van der Waals surface area (Å²) in [6.07, 6.45) is 6.18. The van der Waals surface area contributed by atoms with Crippen LogP contribution in [0.25, 0.3) is 0 Å². The molecule has 0 bridgehead atoms. The molecule has 0 aromatic heterocycles. The van der Waals surface area contributed by atoms with E-state index in [-0.39, 0.29) is 18.4 Å². The predicted octanol–water partition coefficient (Wildman–Crippen LogP) is 1.36. The van der Waals surface area contributed by atoms with Crippen LogP contribution in [0.3, 0.4) is 0 Å². The monoisotopic (exact) mass is 373 g/mol. The predicted molar refractivity (Wildman–Crippen MR) is 104 cm³/mol. The Morgan fingerprint density at radius 2 is 1.85 bits per heavy atom. The van der Waals surface area contributed by atoms with Gasteiger partial charge in [0.1, 0.15) is 0 Å². The lowest BCUT2D eigenvalue weighted by atomic mass is 9.89. The van der Waals surface area contributed by atoms with Gasteiger partial charge in [-0.15, -0.1) is 0 Å². The zero-order chi connectivity index (χ0) is 19.3. The first kappa shape index (κ1) is 19.8. The number of benzene rings is 1. The first-order valence-corrected chi connectivity index (χ1v) is 10.1. The van der Waals surface area contributed by atoms with Gasteiger partial charge in [-0.25, -0.2) is 0 Å². The number of nitrogens with zero attached hydrogens (tertiary/aromatic N) is 1. The van der Waals surface area contributed by atoms with Crippen LogP contribution in [0.1, 0.15) is 50.5 Å². The maximum absolute atomic E-state index is 12.9. The number of hydrogen-bond acceptors (Lipinski definition) is 4. The Kier molecular flexibility index (Phi) is 6.17. The number of likely N-dealkylation sites (tertiary alicyclic amines) is 1. The molecule has 1 aromatic rings. The van der Waals surface area contributed by atoms with Crippen LogP contribution in [-0.2, 0) is 16.0 Å². The van der Waals surface area contributed by atoms with Gasteiger partial charge in [0.15, 0.2) is 5.60 Å². The molecule has 1 heterocycles. The third-order valence-corrected chi connectivity index (χ3v) is 6.09. The topological polar surface area (TPSA) is 95.7 Å². The Morgan fingerprint density at radius 1 is 1.15 bits per heavy atom. The van der Waals surface area contributed by atoms with E-state index < -0.39 is 11.1 Å². The molecule has 0 unspecified atom stereocenters. The van der Waals surface area contributed by atoms with Crippen molar-refractivity contribution in [2.24, 2.45) is 5.73 Å². The number of nitrogens with one attached hydrogen (secondary N) is 1. The van der Waals surface area contributed by atoms with Crippen molar-refractivity contribution in [2.75, 3.05) is 19.6 Å². The van der Waals surface area contributed by atoms with Crippen molar-refractivity contribution in [1.29, 1.82) is 0 Å². The van der Waals surface area contributed by atoms with Crippen LogP contribution >= 0.6 is 0 Å². The summed E-state index contributed by atoms with van der Waals surface area (Å²) >= 11 is 0. The number of piperidine rings is 1. The molecule has 1 aliphatic carbocycles. The van der Waals surface area contributed by atoms with Crippen molar-refractivity contribution >= 4 is 11.8 Å². The molecule has 2 aliphatic rings. The normalized spacial score (nSPS) is 24.9. The largest absolute Gasteiger partial charge is 0.379 e. The van der Waals surface area contributed by atoms with Crippen molar-refractivity contribution in [1.82, 2.24) is 10.2 Å². The van der Waals surface area contributed by atoms with Crippen molar-refractivity contribution < 1.29 is 14.7 Å². The van der Waals surface area contributed by atoms with E-state index >= 15 is 0 Å². The quantitative estimate of drug-likeness (QED) is 0.641. The van der Waals surface area contributed by atoms with E-state index in [0.29, 0.717) is 32.4 Å². The van der Waals surface area contributed by atoms with E-state index in [1.165, 1.54) is 5.56 Å². The van der Waals surface area contributed by atoms with Gasteiger partial charge in [0.25, 0.3) is 5.91 Å². The van der Waals surface area contributed by atoms with Crippen molar-refractivity contribution in [3.05, 3.63) is 35.9 Å². The lowest BCUT2D eigenvalue weighted by molar-refractivity contribution is -0.157. The molecule has 1 saturated carbocycles. The summed E-state index contributed by atoms with van der Waals surface area (Å²) in [5, 5.41) is 14.1. The first-order chi connectivity index (χ1) is 13.0. The average Bonchev–Trinajstić information content (AvgIpc) is 3.15. The van der Waals surface area contributed by atoms with Gasteiger partial charge in [-0.3, -0.25) is 14.9 Å². The Balaban J connectivity index is 1.55. The summed E-state index contributed by atoms with van der Waals surface area (Å²) in [5.41, 5.74) is 4.63. The minimum Gasteiger partial charge on any atom is -0.379 e. The van der Waals surface area contributed by atoms with Crippen LogP contribution in [0.15, 0.2) is 30.3 Å². The van der Waals surface area contributed by atoms with Crippen LogP contribution < -0.4 is 11.1 Å². The lowest BCUT2D eigenvalue weighted by Gasteiger charge is -2.40. The van der Waals surface area contributed by atoms with Gasteiger partial charge in [-0.05, 0) is 44.1 Å². The van der Waals surface area contributed by atoms with Gasteiger partial charge in [-0.1, -0.05) is 43.2 Å². The van der Waals surface area contributed by atoms with E-state index in [2.05, 4.69) is 17.4 Å². The molecule has 3 rings (SSSR count). The molecule has 148 valence electrons. The van der Waals surface area contributed by atoms with Crippen LogP contribution in [0.5, 0.6) is 0 Å². The number of rotatable bonds is 8. The minimum atomic E-state index is -1.45. The van der Waals surface area contributed by atoms with Gasteiger partial charge < -0.3 is 15.7 Å². The molecule has 4 N–H and O–H groups in total. The molecule has 6 nitrogen and oxygen atoms in total. The minimum absolute atomic E-state index is 0.0873. The van der Waals surface area contributed by atoms with Crippen molar-refractivity contribution in [3.63, 3.8) is 0 Å². The van der Waals surface area contributed by atoms with Gasteiger partial charge in [0.05, 0.1) is 5.54 Å². The number of β-amino-alcohol motifs (C(OH)–C–C–N with tert-alkyl or cyclic N) is 1. The maximum atomic E-state index is 12.9. The fourth-order valence-corrected chi connectivity index (χ4v) is 4.37. The molecule has 0 radical (unpaired) electrons. The average molecular weight is 373 g/mol. The molecule has 2 amide bonds. The third kappa shape index (κ3) is 4.50. The molecule has 1 saturated heterocycles. The molecule has 1 aliphatic heterocycles. The molecule has 0 spiro atoms. The Labute approximate surface area is 161 Å². The Hall–Kier alpha value is -1.92. The van der Waals surface area contributed by atoms with Crippen molar-refractivity contribution in [2.45, 2.75) is 62.5 Å². The van der Waals surface area contributed by atoms with E-state index in [9.17, 15) is 14.7 Å². The molecule has 6 heteroatoms. The summed E-state index contributed by atoms with van der Waals surface area (Å²) < 4.78 is 0. The standard InChI is InChI=1S/C21H31N3O3/c22-18(25)20(11-4-5-12-20)23-16-21(27)13-7-15-24(19(21)26)14-6-10-17-8-2-1-3-9-17/h1-3,8-9,23,27H,4-7,10-16H2,(H2,22,25)/t21-/m1/s1. The highest BCUT2D eigenvalue weighted by molar-refractivity contribution is 5.87. The molecular formula is C21H31N3O3. The molecule has 27 heavy (non-hydrogen) atoms. The van der Waals surface area contributed by atoms with Gasteiger partial charge >= 0.3 is 0 Å². The van der Waals surface area contributed by atoms with Gasteiger partial charge in [0, 0.05) is 19.6 Å². The van der Waals surface area contributed by atoms with Crippen LogP contribution in [-0.4, -0.2) is 52.6 Å². The lowest BCUT2D eigenvalue weighted by Crippen LogP contribution is -2.63. The number of nitrogens with two attached hydrogens (primary N) is 1. The highest BCUT2D eigenvalue weighted by Crippen LogP contribution is 2.31. The second-order valence-corrected chi connectivity index (χ2v) is 8.02. The summed E-state index contributed by atoms with van der Waals surface area (Å²) in [4.78, 5) is 26.6. The highest BCUT2D eigenvalue weighted by atomic mass is 16.3. The fourth-order valence-electron chi connectivity index (χ4n) is 4.37. The summed E-state index contributed by atoms with van der Waals surface area (Å²) in [7, 11) is 0. The maximum Gasteiger partial charge on any atom is 0.255 e. The van der Waals surface area contributed by atoms with E-state index in [0.717, 1.165) is 32.1 Å². The molecule has 1 aromatic carbocycles. The van der Waals surface area contributed by atoms with E-state index in [4.69, 9.17) is 5.73 Å². The molecule has 2 fully saturated rings. The van der Waals surface area contributed by atoms with E-state index in [1.807, 2.05) is 18.2 Å². The number of aliphatic hydroxyl groups is 1. The van der Waals surface area contributed by atoms with Gasteiger partial charge in [0.2, 0.25) is 5.91 Å². The summed E-state index contributed by atoms with van der Waals surface area (Å²) in [6.45, 7) is 1.40. The van der Waals surface area contributed by atoms with E-state index in [1.54, 1.807) is 4.90 Å². The smallest absolute Gasteiger partial charge is 0.255 e. The number of amides is 2. The number of carbonyl (C=O) groups excluding carboxylic acids is 2. The number of hydrogen-bond donors (Lipinski definition) is 3. The first-order valence-electron chi connectivity index (χ1n) is 10.1. The highest BCUT2D eigenvalue weighted by Gasteiger charge is 2.46. The van der Waals surface area contributed by atoms with Crippen molar-refractivity contribution in [3.8, 4) is 0 Å². The van der Waals surface area contributed by atoms with Gasteiger partial charge in [-0.2, -0.15) is 0 Å². The number of aryl methyl sites for hydroxylation is 1. The second kappa shape index (κ2) is 8.40. The third-order valence-electron chi connectivity index (χ3n) is 6.09. The van der Waals surface area contributed by atoms with Crippen LogP contribution in [0.4, 0.5) is 0 Å². The SMILES string of the molecule is NC(=O)C1(NC[C@]2(O)CCCN(CCCc3ccccc3)C2=O)CCCC1. The summed E-state index contributed by atoms with van der Waals surface area (Å²) in [5.74, 6) is -0.612. The fraction of sp³-hybridized carbons (Fsp3) is 0.619. The zero-order valence-corrected chi connectivity index (χ0v) is 16.0. The molecule has 1 atom stereocenters. The number of carbonyl (C=O) groups is 2.